The van der Waals surface area contributed by atoms with Gasteiger partial charge in [0.1, 0.15) is 0 Å². The van der Waals surface area contributed by atoms with E-state index in [2.05, 4.69) is 10.6 Å². The van der Waals surface area contributed by atoms with E-state index in [9.17, 15) is 4.79 Å². The highest BCUT2D eigenvalue weighted by Gasteiger charge is 2.15. The van der Waals surface area contributed by atoms with Crippen LogP contribution >= 0.6 is 0 Å². The largest absolute Gasteiger partial charge is 0.394 e. The van der Waals surface area contributed by atoms with Crippen molar-refractivity contribution in [3.63, 3.8) is 0 Å². The van der Waals surface area contributed by atoms with Gasteiger partial charge in [-0.15, -0.1) is 0 Å². The topological polar surface area (TPSA) is 81.6 Å². The summed E-state index contributed by atoms with van der Waals surface area (Å²) in [4.78, 5) is 11.3. The number of carbonyl (C=O) groups excluding carboxylic acids is 1. The van der Waals surface area contributed by atoms with Gasteiger partial charge in [0.15, 0.2) is 0 Å². The Morgan fingerprint density at radius 3 is 2.60 bits per heavy atom. The van der Waals surface area contributed by atoms with Crippen molar-refractivity contribution < 1.29 is 15.0 Å². The zero-order chi connectivity index (χ0) is 11.1. The van der Waals surface area contributed by atoms with Gasteiger partial charge in [-0.3, -0.25) is 0 Å². The molecule has 0 radical (unpaired) electrons. The van der Waals surface area contributed by atoms with E-state index in [1.54, 1.807) is 0 Å². The fourth-order valence-corrected chi connectivity index (χ4v) is 1.76. The number of aliphatic hydroxyl groups is 2. The van der Waals surface area contributed by atoms with Crippen LogP contribution in [0.4, 0.5) is 4.79 Å². The van der Waals surface area contributed by atoms with E-state index >= 15 is 0 Å². The Morgan fingerprint density at radius 2 is 2.00 bits per heavy atom. The molecule has 88 valence electrons. The highest BCUT2D eigenvalue weighted by molar-refractivity contribution is 5.74. The number of amides is 2. The minimum atomic E-state index is -0.873. The van der Waals surface area contributed by atoms with Crippen LogP contribution in [-0.2, 0) is 0 Å². The minimum absolute atomic E-state index is 0.0923. The van der Waals surface area contributed by atoms with Gasteiger partial charge < -0.3 is 20.8 Å². The lowest BCUT2D eigenvalue weighted by Gasteiger charge is -2.23. The summed E-state index contributed by atoms with van der Waals surface area (Å²) in [5, 5.41) is 22.9. The van der Waals surface area contributed by atoms with E-state index in [0.717, 1.165) is 12.8 Å². The van der Waals surface area contributed by atoms with Crippen molar-refractivity contribution >= 4 is 6.03 Å². The lowest BCUT2D eigenvalue weighted by atomic mass is 9.96. The predicted octanol–water partition coefficient (Wildman–Crippen LogP) is -0.0285. The van der Waals surface area contributed by atoms with Crippen molar-refractivity contribution in [1.29, 1.82) is 0 Å². The lowest BCUT2D eigenvalue weighted by Crippen LogP contribution is -2.45. The van der Waals surface area contributed by atoms with Gasteiger partial charge in [-0.25, -0.2) is 4.79 Å². The molecule has 0 aliphatic heterocycles. The summed E-state index contributed by atoms with van der Waals surface area (Å²) in [6.45, 7) is -0.237. The fraction of sp³-hybridized carbons (Fsp3) is 0.900. The minimum Gasteiger partial charge on any atom is -0.394 e. The van der Waals surface area contributed by atoms with Crippen LogP contribution in [-0.4, -0.2) is 41.5 Å². The molecule has 1 saturated carbocycles. The van der Waals surface area contributed by atoms with Crippen molar-refractivity contribution in [3.8, 4) is 0 Å². The van der Waals surface area contributed by atoms with E-state index in [4.69, 9.17) is 10.2 Å². The fourth-order valence-electron chi connectivity index (χ4n) is 1.76. The first-order chi connectivity index (χ1) is 7.22. The molecule has 1 fully saturated rings. The molecule has 1 rings (SSSR count). The van der Waals surface area contributed by atoms with Crippen LogP contribution < -0.4 is 10.6 Å². The van der Waals surface area contributed by atoms with Gasteiger partial charge in [-0.1, -0.05) is 19.3 Å². The maximum Gasteiger partial charge on any atom is 0.315 e. The second kappa shape index (κ2) is 6.63. The molecule has 5 nitrogen and oxygen atoms in total. The molecule has 5 heteroatoms. The predicted molar refractivity (Wildman–Crippen MR) is 56.5 cm³/mol. The summed E-state index contributed by atoms with van der Waals surface area (Å²) in [5.41, 5.74) is 0. The average molecular weight is 216 g/mol. The monoisotopic (exact) mass is 216 g/mol. The Hall–Kier alpha value is -0.810. The zero-order valence-electron chi connectivity index (χ0n) is 8.91. The van der Waals surface area contributed by atoms with Crippen LogP contribution in [0.15, 0.2) is 0 Å². The Bertz CT molecular complexity index is 193. The van der Waals surface area contributed by atoms with Crippen LogP contribution in [0.25, 0.3) is 0 Å². The summed E-state index contributed by atoms with van der Waals surface area (Å²) in [6, 6.07) is 0.0134. The molecule has 0 aromatic rings. The molecule has 0 aromatic carbocycles. The molecule has 1 unspecified atom stereocenters. The van der Waals surface area contributed by atoms with Crippen LogP contribution in [0.3, 0.4) is 0 Å². The van der Waals surface area contributed by atoms with Crippen LogP contribution in [0.2, 0.25) is 0 Å². The molecule has 0 spiro atoms. The summed E-state index contributed by atoms with van der Waals surface area (Å²) in [6.07, 6.45) is 4.80. The van der Waals surface area contributed by atoms with Gasteiger partial charge >= 0.3 is 6.03 Å². The highest BCUT2D eigenvalue weighted by Crippen LogP contribution is 2.16. The Morgan fingerprint density at radius 1 is 1.33 bits per heavy atom. The third-order valence-electron chi connectivity index (χ3n) is 2.65. The molecular formula is C10H20N2O3. The molecule has 1 atom stereocenters. The summed E-state index contributed by atoms with van der Waals surface area (Å²) >= 11 is 0. The van der Waals surface area contributed by atoms with Crippen LogP contribution in [0.1, 0.15) is 32.1 Å². The molecule has 0 saturated heterocycles. The molecule has 1 aliphatic carbocycles. The number of rotatable bonds is 4. The van der Waals surface area contributed by atoms with Gasteiger partial charge in [0.2, 0.25) is 0 Å². The number of carbonyl (C=O) groups is 1. The number of nitrogens with one attached hydrogen (secondary N) is 2. The van der Waals surface area contributed by atoms with Gasteiger partial charge in [-0.2, -0.15) is 0 Å². The third-order valence-corrected chi connectivity index (χ3v) is 2.65. The summed E-state index contributed by atoms with van der Waals surface area (Å²) in [7, 11) is 0. The molecular weight excluding hydrogens is 196 g/mol. The Kier molecular flexibility index (Phi) is 5.42. The maximum atomic E-state index is 11.3. The lowest BCUT2D eigenvalue weighted by molar-refractivity contribution is 0.0957. The van der Waals surface area contributed by atoms with Crippen molar-refractivity contribution in [2.75, 3.05) is 13.2 Å². The Labute approximate surface area is 89.9 Å². The van der Waals surface area contributed by atoms with Crippen molar-refractivity contribution in [1.82, 2.24) is 10.6 Å². The number of hydrogen-bond acceptors (Lipinski definition) is 3. The molecule has 15 heavy (non-hydrogen) atoms. The van der Waals surface area contributed by atoms with Gasteiger partial charge in [0.25, 0.3) is 0 Å². The Balaban J connectivity index is 2.11. The standard InChI is InChI=1S/C10H20N2O3/c13-7-9(14)6-11-10(15)12-8-4-2-1-3-5-8/h8-9,13-14H,1-7H2,(H2,11,12,15). The summed E-state index contributed by atoms with van der Waals surface area (Å²) in [5.74, 6) is 0. The van der Waals surface area contributed by atoms with E-state index in [-0.39, 0.29) is 25.2 Å². The molecule has 4 N–H and O–H groups in total. The third kappa shape index (κ3) is 4.99. The quantitative estimate of drug-likeness (QED) is 0.533. The van der Waals surface area contributed by atoms with E-state index < -0.39 is 6.10 Å². The SMILES string of the molecule is O=C(NCC(O)CO)NC1CCCCC1. The van der Waals surface area contributed by atoms with E-state index in [1.165, 1.54) is 19.3 Å². The second-order valence-corrected chi connectivity index (χ2v) is 4.03. The van der Waals surface area contributed by atoms with E-state index in [0.29, 0.717) is 0 Å². The highest BCUT2D eigenvalue weighted by atomic mass is 16.3. The number of urea groups is 1. The first-order valence-corrected chi connectivity index (χ1v) is 5.55. The molecule has 2 amide bonds. The van der Waals surface area contributed by atoms with Crippen LogP contribution in [0, 0.1) is 0 Å². The number of hydrogen-bond donors (Lipinski definition) is 4. The second-order valence-electron chi connectivity index (χ2n) is 4.03. The van der Waals surface area contributed by atoms with Gasteiger partial charge in [0.05, 0.1) is 12.7 Å². The molecule has 1 aliphatic rings. The number of aliphatic hydroxyl groups excluding tert-OH is 2. The van der Waals surface area contributed by atoms with Crippen molar-refractivity contribution in [3.05, 3.63) is 0 Å². The molecule has 0 heterocycles. The van der Waals surface area contributed by atoms with E-state index in [1.807, 2.05) is 0 Å². The van der Waals surface area contributed by atoms with Crippen LogP contribution in [0.5, 0.6) is 0 Å². The molecule has 0 aromatic heterocycles. The normalized spacial score (nSPS) is 19.6. The average Bonchev–Trinajstić information content (AvgIpc) is 2.27. The maximum absolute atomic E-state index is 11.3. The smallest absolute Gasteiger partial charge is 0.315 e. The first-order valence-electron chi connectivity index (χ1n) is 5.55. The summed E-state index contributed by atoms with van der Waals surface area (Å²) < 4.78 is 0. The van der Waals surface area contributed by atoms with Gasteiger partial charge in [0, 0.05) is 12.6 Å². The van der Waals surface area contributed by atoms with Crippen molar-refractivity contribution in [2.24, 2.45) is 0 Å². The zero-order valence-corrected chi connectivity index (χ0v) is 8.91. The molecule has 0 bridgehead atoms. The van der Waals surface area contributed by atoms with Crippen molar-refractivity contribution in [2.45, 2.75) is 44.2 Å². The first kappa shape index (κ1) is 12.3. The van der Waals surface area contributed by atoms with Gasteiger partial charge in [-0.05, 0) is 12.8 Å².